The van der Waals surface area contributed by atoms with Crippen LogP contribution in [-0.4, -0.2) is 62.8 Å². The topological polar surface area (TPSA) is 83.5 Å². The predicted molar refractivity (Wildman–Crippen MR) is 150 cm³/mol. The molecule has 0 radical (unpaired) electrons. The zero-order valence-electron chi connectivity index (χ0n) is 23.9. The average molecular weight is 547 g/mol. The lowest BCUT2D eigenvalue weighted by Crippen LogP contribution is -2.30. The van der Waals surface area contributed by atoms with Crippen LogP contribution in [0.25, 0.3) is 0 Å². The minimum atomic E-state index is -0.930. The van der Waals surface area contributed by atoms with Gasteiger partial charge in [-0.3, -0.25) is 0 Å². The van der Waals surface area contributed by atoms with Crippen LogP contribution in [0.3, 0.4) is 0 Å². The molecule has 0 aromatic heterocycles. The summed E-state index contributed by atoms with van der Waals surface area (Å²) >= 11 is 0. The molecule has 2 saturated heterocycles. The third-order valence-corrected chi connectivity index (χ3v) is 8.62. The Kier molecular flexibility index (Phi) is 13.0. The van der Waals surface area contributed by atoms with E-state index in [9.17, 15) is 4.79 Å². The second kappa shape index (κ2) is 16.7. The Bertz CT molecular complexity index is 822. The fourth-order valence-corrected chi connectivity index (χ4v) is 6.52. The van der Waals surface area contributed by atoms with Gasteiger partial charge in [0.1, 0.15) is 6.61 Å². The van der Waals surface area contributed by atoms with Gasteiger partial charge in [-0.15, -0.1) is 0 Å². The number of hydrogen-bond acceptors (Lipinski definition) is 6. The van der Waals surface area contributed by atoms with Crippen molar-refractivity contribution in [3.63, 3.8) is 0 Å². The largest absolute Gasteiger partial charge is 0.480 e. The van der Waals surface area contributed by atoms with E-state index in [0.29, 0.717) is 24.4 Å². The first-order chi connectivity index (χ1) is 19.1. The van der Waals surface area contributed by atoms with Crippen LogP contribution in [0.15, 0.2) is 35.5 Å². The van der Waals surface area contributed by atoms with E-state index in [0.717, 1.165) is 76.8 Å². The highest BCUT2D eigenvalue weighted by molar-refractivity contribution is 5.68. The van der Waals surface area contributed by atoms with Gasteiger partial charge in [-0.05, 0) is 101 Å². The molecule has 0 spiro atoms. The zero-order chi connectivity index (χ0) is 27.3. The Morgan fingerprint density at radius 2 is 1.79 bits per heavy atom. The lowest BCUT2D eigenvalue weighted by Gasteiger charge is -2.29. The van der Waals surface area contributed by atoms with Gasteiger partial charge in [-0.25, -0.2) is 4.79 Å². The summed E-state index contributed by atoms with van der Waals surface area (Å²) in [6.45, 7) is 4.54. The number of carboxylic acids is 1. The maximum Gasteiger partial charge on any atom is 0.329 e. The van der Waals surface area contributed by atoms with E-state index in [2.05, 4.69) is 24.3 Å². The molecule has 4 rings (SSSR count). The summed E-state index contributed by atoms with van der Waals surface area (Å²) in [5, 5.41) is 8.92. The number of fused-ring (bicyclic) bond motifs is 1. The van der Waals surface area contributed by atoms with E-state index in [1.807, 2.05) is 6.92 Å². The molecule has 1 N–H and O–H groups in total. The fourth-order valence-electron chi connectivity index (χ4n) is 6.52. The maximum absolute atomic E-state index is 10.9. The molecule has 3 fully saturated rings. The monoisotopic (exact) mass is 546 g/mol. The van der Waals surface area contributed by atoms with Gasteiger partial charge < -0.3 is 28.8 Å². The van der Waals surface area contributed by atoms with Gasteiger partial charge in [0.05, 0.1) is 12.7 Å². The third kappa shape index (κ3) is 9.82. The van der Waals surface area contributed by atoms with Crippen LogP contribution in [-0.2, 0) is 28.5 Å². The fraction of sp³-hybridized carbons (Fsp3) is 0.781. The second-order valence-corrected chi connectivity index (χ2v) is 11.5. The molecule has 0 amide bonds. The van der Waals surface area contributed by atoms with Crippen LogP contribution in [0.5, 0.6) is 0 Å². The van der Waals surface area contributed by atoms with Crippen molar-refractivity contribution in [2.45, 2.75) is 109 Å². The molecular weight excluding hydrogens is 496 g/mol. The predicted octanol–water partition coefficient (Wildman–Crippen LogP) is 6.58. The molecule has 0 aromatic rings. The zero-order valence-corrected chi connectivity index (χ0v) is 23.9. The minimum Gasteiger partial charge on any atom is -0.480 e. The van der Waals surface area contributed by atoms with Gasteiger partial charge in [-0.1, -0.05) is 37.1 Å². The summed E-state index contributed by atoms with van der Waals surface area (Å²) in [6, 6.07) is 0. The first kappa shape index (κ1) is 30.4. The molecule has 4 aliphatic rings. The average Bonchev–Trinajstić information content (AvgIpc) is 3.49. The van der Waals surface area contributed by atoms with Crippen molar-refractivity contribution in [3.8, 4) is 0 Å². The van der Waals surface area contributed by atoms with E-state index in [-0.39, 0.29) is 25.3 Å². The molecule has 2 aliphatic heterocycles. The first-order valence-electron chi connectivity index (χ1n) is 15.5. The Hall–Kier alpha value is -1.51. The number of carbonyl (C=O) groups is 1. The lowest BCUT2D eigenvalue weighted by atomic mass is 9.88. The number of carboxylic acid groups (broad SMARTS) is 1. The third-order valence-electron chi connectivity index (χ3n) is 8.62. The van der Waals surface area contributed by atoms with Crippen molar-refractivity contribution >= 4 is 5.97 Å². The van der Waals surface area contributed by atoms with Crippen LogP contribution >= 0.6 is 0 Å². The van der Waals surface area contributed by atoms with Crippen LogP contribution < -0.4 is 0 Å². The quantitative estimate of drug-likeness (QED) is 0.173. The van der Waals surface area contributed by atoms with Gasteiger partial charge in [0.2, 0.25) is 0 Å². The molecule has 0 aromatic carbocycles. The summed E-state index contributed by atoms with van der Waals surface area (Å²) in [6.07, 6.45) is 23.9. The van der Waals surface area contributed by atoms with Crippen molar-refractivity contribution in [1.82, 2.24) is 0 Å². The van der Waals surface area contributed by atoms with Crippen LogP contribution in [0.2, 0.25) is 0 Å². The van der Waals surface area contributed by atoms with Crippen molar-refractivity contribution in [3.05, 3.63) is 35.5 Å². The van der Waals surface area contributed by atoms with E-state index in [1.165, 1.54) is 37.7 Å². The number of ether oxygens (including phenoxy) is 5. The molecule has 39 heavy (non-hydrogen) atoms. The normalized spacial score (nSPS) is 31.5. The first-order valence-corrected chi connectivity index (χ1v) is 15.5. The van der Waals surface area contributed by atoms with E-state index < -0.39 is 5.97 Å². The molecule has 4 unspecified atom stereocenters. The molecule has 220 valence electrons. The number of allylic oxidation sites excluding steroid dienone is 3. The van der Waals surface area contributed by atoms with Crippen molar-refractivity contribution in [1.29, 1.82) is 0 Å². The summed E-state index contributed by atoms with van der Waals surface area (Å²) in [4.78, 5) is 10.9. The van der Waals surface area contributed by atoms with E-state index >= 15 is 0 Å². The van der Waals surface area contributed by atoms with Gasteiger partial charge >= 0.3 is 5.97 Å². The highest BCUT2D eigenvalue weighted by Crippen LogP contribution is 2.50. The molecular formula is C32H50O7. The van der Waals surface area contributed by atoms with E-state index in [1.54, 1.807) is 0 Å². The second-order valence-electron chi connectivity index (χ2n) is 11.5. The standard InChI is InChI=1S/C32H50O7/c1-2-24(22-35-23-30(33)34)25-19-26-21-29(39-32-15-9-12-18-38-32)27(28(26)20-25)13-7-5-3-4-6-10-16-36-31-14-8-11-17-37-31/h2,7,13,19,26-29,31-32H,3-6,8-12,14-18,20-23H2,1H3,(H,33,34)/t26?,27-,28?,29-,31?,32?/m1/s1. The lowest BCUT2D eigenvalue weighted by molar-refractivity contribution is -0.192. The molecule has 7 nitrogen and oxygen atoms in total. The Morgan fingerprint density at radius 1 is 1.03 bits per heavy atom. The Labute approximate surface area is 234 Å². The van der Waals surface area contributed by atoms with Crippen molar-refractivity contribution < 1.29 is 33.6 Å². The summed E-state index contributed by atoms with van der Waals surface area (Å²) < 4.78 is 29.4. The Morgan fingerprint density at radius 3 is 2.51 bits per heavy atom. The number of hydrogen-bond donors (Lipinski definition) is 1. The minimum absolute atomic E-state index is 0.0258. The van der Waals surface area contributed by atoms with Gasteiger partial charge in [0.15, 0.2) is 12.6 Å². The van der Waals surface area contributed by atoms with Gasteiger partial charge in [0, 0.05) is 25.7 Å². The van der Waals surface area contributed by atoms with Gasteiger partial charge in [0.25, 0.3) is 0 Å². The summed E-state index contributed by atoms with van der Waals surface area (Å²) in [7, 11) is 0. The molecule has 0 bridgehead atoms. The molecule has 1 saturated carbocycles. The van der Waals surface area contributed by atoms with Gasteiger partial charge in [-0.2, -0.15) is 0 Å². The maximum atomic E-state index is 10.9. The van der Waals surface area contributed by atoms with Crippen LogP contribution in [0.4, 0.5) is 0 Å². The molecule has 2 heterocycles. The molecule has 7 heteroatoms. The highest BCUT2D eigenvalue weighted by atomic mass is 16.7. The van der Waals surface area contributed by atoms with Crippen molar-refractivity contribution in [2.75, 3.05) is 33.0 Å². The summed E-state index contributed by atoms with van der Waals surface area (Å²) in [5.41, 5.74) is 2.42. The summed E-state index contributed by atoms with van der Waals surface area (Å²) in [5.74, 6) is 0.431. The molecule has 2 aliphatic carbocycles. The Balaban J connectivity index is 1.23. The number of aliphatic carboxylic acids is 1. The SMILES string of the molecule is CC=C(COCC(=O)O)C1=CC2C[C@@H](OC3CCCCO3)[C@H](C=CCCCCCCOC3CCCCO3)C2C1. The van der Waals surface area contributed by atoms with E-state index in [4.69, 9.17) is 28.8 Å². The highest BCUT2D eigenvalue weighted by Gasteiger charge is 2.46. The smallest absolute Gasteiger partial charge is 0.329 e. The molecule has 6 atom stereocenters. The number of rotatable bonds is 16. The van der Waals surface area contributed by atoms with Crippen LogP contribution in [0.1, 0.15) is 90.4 Å². The van der Waals surface area contributed by atoms with Crippen molar-refractivity contribution in [2.24, 2.45) is 17.8 Å². The number of unbranched alkanes of at least 4 members (excludes halogenated alkanes) is 4. The van der Waals surface area contributed by atoms with Crippen LogP contribution in [0, 0.1) is 17.8 Å².